The number of likely N-dealkylation sites (tertiary alicyclic amines) is 1. The van der Waals surface area contributed by atoms with Crippen LogP contribution in [-0.4, -0.2) is 73.0 Å². The molecule has 24 heavy (non-hydrogen) atoms. The highest BCUT2D eigenvalue weighted by Gasteiger charge is 2.33. The molecule has 7 nitrogen and oxygen atoms in total. The van der Waals surface area contributed by atoms with Crippen molar-refractivity contribution in [1.29, 1.82) is 0 Å². The Labute approximate surface area is 148 Å². The molecule has 2 aliphatic rings. The first-order chi connectivity index (χ1) is 11.1. The van der Waals surface area contributed by atoms with E-state index in [9.17, 15) is 9.59 Å². The van der Waals surface area contributed by atoms with Crippen LogP contribution in [0.5, 0.6) is 0 Å². The van der Waals surface area contributed by atoms with E-state index in [1.165, 1.54) is 6.26 Å². The molecule has 0 aliphatic carbocycles. The number of carbonyl (C=O) groups excluding carboxylic acids is 2. The first-order valence-electron chi connectivity index (χ1n) is 8.23. The number of hydrogen-bond acceptors (Lipinski definition) is 5. The zero-order valence-corrected chi connectivity index (χ0v) is 14.7. The van der Waals surface area contributed by atoms with Gasteiger partial charge < -0.3 is 20.0 Å². The molecule has 2 unspecified atom stereocenters. The quantitative estimate of drug-likeness (QED) is 0.812. The summed E-state index contributed by atoms with van der Waals surface area (Å²) in [4.78, 5) is 28.8. The van der Waals surface area contributed by atoms with E-state index in [0.717, 1.165) is 45.7 Å². The minimum absolute atomic E-state index is 0. The average molecular weight is 357 g/mol. The van der Waals surface area contributed by atoms with Crippen molar-refractivity contribution in [2.45, 2.75) is 25.4 Å². The number of hydrogen-bond donors (Lipinski definition) is 2. The second kappa shape index (κ2) is 8.50. The number of rotatable bonds is 4. The van der Waals surface area contributed by atoms with Gasteiger partial charge in [0, 0.05) is 45.3 Å². The van der Waals surface area contributed by atoms with Crippen LogP contribution in [-0.2, 0) is 4.79 Å². The van der Waals surface area contributed by atoms with E-state index in [1.807, 2.05) is 4.90 Å². The van der Waals surface area contributed by atoms with Gasteiger partial charge in [0.25, 0.3) is 5.91 Å². The number of carbonyl (C=O) groups is 2. The van der Waals surface area contributed by atoms with Gasteiger partial charge in [0.05, 0.1) is 6.26 Å². The molecule has 0 aromatic carbocycles. The van der Waals surface area contributed by atoms with Gasteiger partial charge in [-0.05, 0) is 25.5 Å². The maximum atomic E-state index is 12.5. The van der Waals surface area contributed by atoms with Gasteiger partial charge in [0.1, 0.15) is 6.04 Å². The molecule has 2 N–H and O–H groups in total. The molecule has 134 valence electrons. The third kappa shape index (κ3) is 4.28. The first-order valence-corrected chi connectivity index (χ1v) is 8.23. The standard InChI is InChI=1S/C16H24N4O3.ClH/c1-12(18-15(21)14-3-2-10-23-14)16(22)20-7-4-13(11-20)19-8-5-17-6-9-19;/h2-3,10,12-13,17H,4-9,11H2,1H3,(H,18,21);1H. The molecule has 2 fully saturated rings. The van der Waals surface area contributed by atoms with Gasteiger partial charge in [0.15, 0.2) is 5.76 Å². The lowest BCUT2D eigenvalue weighted by Gasteiger charge is -2.32. The summed E-state index contributed by atoms with van der Waals surface area (Å²) < 4.78 is 5.05. The van der Waals surface area contributed by atoms with E-state index in [4.69, 9.17) is 4.42 Å². The smallest absolute Gasteiger partial charge is 0.287 e. The molecule has 2 atom stereocenters. The summed E-state index contributed by atoms with van der Waals surface area (Å²) in [6.07, 6.45) is 2.45. The Bertz CT molecular complexity index is 546. The third-order valence-corrected chi connectivity index (χ3v) is 4.61. The number of piperazine rings is 1. The van der Waals surface area contributed by atoms with Gasteiger partial charge in [-0.15, -0.1) is 12.4 Å². The third-order valence-electron chi connectivity index (χ3n) is 4.61. The van der Waals surface area contributed by atoms with Gasteiger partial charge in [-0.3, -0.25) is 14.5 Å². The second-order valence-corrected chi connectivity index (χ2v) is 6.19. The molecule has 0 saturated carbocycles. The predicted molar refractivity (Wildman–Crippen MR) is 92.3 cm³/mol. The average Bonchev–Trinajstić information content (AvgIpc) is 3.26. The molecule has 1 aromatic heterocycles. The van der Waals surface area contributed by atoms with Gasteiger partial charge in [-0.25, -0.2) is 0 Å². The van der Waals surface area contributed by atoms with Crippen LogP contribution in [0.3, 0.4) is 0 Å². The fourth-order valence-corrected chi connectivity index (χ4v) is 3.30. The van der Waals surface area contributed by atoms with E-state index in [0.29, 0.717) is 6.04 Å². The molecule has 1 aromatic rings. The van der Waals surface area contributed by atoms with Crippen LogP contribution in [0.25, 0.3) is 0 Å². The van der Waals surface area contributed by atoms with Crippen LogP contribution in [0, 0.1) is 0 Å². The number of nitrogens with one attached hydrogen (secondary N) is 2. The van der Waals surface area contributed by atoms with E-state index < -0.39 is 6.04 Å². The monoisotopic (exact) mass is 356 g/mol. The topological polar surface area (TPSA) is 77.8 Å². The minimum atomic E-state index is -0.547. The predicted octanol–water partition coefficient (Wildman–Crippen LogP) is 0.326. The Morgan fingerprint density at radius 3 is 2.75 bits per heavy atom. The molecular weight excluding hydrogens is 332 g/mol. The van der Waals surface area contributed by atoms with Crippen LogP contribution >= 0.6 is 12.4 Å². The van der Waals surface area contributed by atoms with Gasteiger partial charge in [-0.2, -0.15) is 0 Å². The van der Waals surface area contributed by atoms with Crippen LogP contribution in [0.15, 0.2) is 22.8 Å². The maximum Gasteiger partial charge on any atom is 0.287 e. The van der Waals surface area contributed by atoms with Crippen molar-refractivity contribution in [2.75, 3.05) is 39.3 Å². The van der Waals surface area contributed by atoms with Crippen molar-refractivity contribution in [3.05, 3.63) is 24.2 Å². The Morgan fingerprint density at radius 2 is 2.08 bits per heavy atom. The fraction of sp³-hybridized carbons (Fsp3) is 0.625. The number of nitrogens with zero attached hydrogens (tertiary/aromatic N) is 2. The lowest BCUT2D eigenvalue weighted by molar-refractivity contribution is -0.132. The van der Waals surface area contributed by atoms with Crippen molar-refractivity contribution >= 4 is 24.2 Å². The molecule has 0 bridgehead atoms. The molecule has 3 rings (SSSR count). The van der Waals surface area contributed by atoms with Gasteiger partial charge in [-0.1, -0.05) is 0 Å². The fourth-order valence-electron chi connectivity index (χ4n) is 3.30. The van der Waals surface area contributed by atoms with Gasteiger partial charge in [0.2, 0.25) is 5.91 Å². The first kappa shape index (κ1) is 18.8. The molecular formula is C16H25ClN4O3. The van der Waals surface area contributed by atoms with E-state index in [1.54, 1.807) is 19.1 Å². The summed E-state index contributed by atoms with van der Waals surface area (Å²) in [5.74, 6) is -0.152. The molecule has 0 radical (unpaired) electrons. The summed E-state index contributed by atoms with van der Waals surface area (Å²) in [6, 6.07) is 3.13. The van der Waals surface area contributed by atoms with Crippen LogP contribution in [0.1, 0.15) is 23.9 Å². The Kier molecular flexibility index (Phi) is 6.65. The maximum absolute atomic E-state index is 12.5. The van der Waals surface area contributed by atoms with Crippen molar-refractivity contribution in [2.24, 2.45) is 0 Å². The Hall–Kier alpha value is -1.57. The summed E-state index contributed by atoms with van der Waals surface area (Å²) >= 11 is 0. The number of halogens is 1. The lowest BCUT2D eigenvalue weighted by atomic mass is 10.2. The van der Waals surface area contributed by atoms with Crippen molar-refractivity contribution in [1.82, 2.24) is 20.4 Å². The summed E-state index contributed by atoms with van der Waals surface area (Å²) in [5, 5.41) is 6.05. The molecule has 8 heteroatoms. The second-order valence-electron chi connectivity index (χ2n) is 6.19. The van der Waals surface area contributed by atoms with Crippen molar-refractivity contribution in [3.63, 3.8) is 0 Å². The van der Waals surface area contributed by atoms with E-state index >= 15 is 0 Å². The molecule has 2 aliphatic heterocycles. The number of amides is 2. The highest BCUT2D eigenvalue weighted by atomic mass is 35.5. The Morgan fingerprint density at radius 1 is 1.33 bits per heavy atom. The lowest BCUT2D eigenvalue weighted by Crippen LogP contribution is -2.50. The van der Waals surface area contributed by atoms with Crippen molar-refractivity contribution < 1.29 is 14.0 Å². The molecule has 0 spiro atoms. The normalized spacial score (nSPS) is 22.7. The molecule has 2 saturated heterocycles. The van der Waals surface area contributed by atoms with Crippen LogP contribution < -0.4 is 10.6 Å². The summed E-state index contributed by atoms with van der Waals surface area (Å²) in [5.41, 5.74) is 0. The zero-order chi connectivity index (χ0) is 16.2. The highest BCUT2D eigenvalue weighted by Crippen LogP contribution is 2.17. The molecule has 3 heterocycles. The van der Waals surface area contributed by atoms with Gasteiger partial charge >= 0.3 is 0 Å². The summed E-state index contributed by atoms with van der Waals surface area (Å²) in [6.45, 7) is 7.34. The van der Waals surface area contributed by atoms with Crippen LogP contribution in [0.4, 0.5) is 0 Å². The highest BCUT2D eigenvalue weighted by molar-refractivity contribution is 5.95. The van der Waals surface area contributed by atoms with E-state index in [2.05, 4.69) is 15.5 Å². The largest absolute Gasteiger partial charge is 0.459 e. The number of furan rings is 1. The summed E-state index contributed by atoms with van der Waals surface area (Å²) in [7, 11) is 0. The zero-order valence-electron chi connectivity index (χ0n) is 13.9. The SMILES string of the molecule is CC(NC(=O)c1ccco1)C(=O)N1CCC(N2CCNCC2)C1.Cl. The minimum Gasteiger partial charge on any atom is -0.459 e. The van der Waals surface area contributed by atoms with E-state index in [-0.39, 0.29) is 30.0 Å². The Balaban J connectivity index is 0.00000208. The van der Waals surface area contributed by atoms with Crippen molar-refractivity contribution in [3.8, 4) is 0 Å². The van der Waals surface area contributed by atoms with Crippen LogP contribution in [0.2, 0.25) is 0 Å². The molecule has 2 amide bonds.